The standard InChI is InChI=1S/C26H21N3O4/c1-3-33-20-14-10-18(11-15-20)23-24(28-21-6-4-5-7-22(21)32-2)26(31)29(25(23)30)19-12-8-17(16-27)9-13-19/h4-15,28H,3H2,1-2H3. The van der Waals surface area contributed by atoms with Crippen molar-refractivity contribution in [2.24, 2.45) is 0 Å². The summed E-state index contributed by atoms with van der Waals surface area (Å²) < 4.78 is 10.9. The second-order valence-electron chi connectivity index (χ2n) is 7.14. The first-order chi connectivity index (χ1) is 16.1. The lowest BCUT2D eigenvalue weighted by atomic mass is 10.0. The van der Waals surface area contributed by atoms with Gasteiger partial charge in [-0.2, -0.15) is 5.26 Å². The van der Waals surface area contributed by atoms with Crippen molar-refractivity contribution in [3.8, 4) is 17.6 Å². The van der Waals surface area contributed by atoms with Crippen LogP contribution < -0.4 is 19.7 Å². The molecular formula is C26H21N3O4. The third-order valence-electron chi connectivity index (χ3n) is 5.16. The second kappa shape index (κ2) is 9.28. The Labute approximate surface area is 191 Å². The van der Waals surface area contributed by atoms with E-state index < -0.39 is 11.8 Å². The van der Waals surface area contributed by atoms with Crippen molar-refractivity contribution in [2.75, 3.05) is 23.9 Å². The van der Waals surface area contributed by atoms with Crippen LogP contribution in [0.4, 0.5) is 11.4 Å². The van der Waals surface area contributed by atoms with Gasteiger partial charge < -0.3 is 14.8 Å². The molecule has 1 aliphatic rings. The minimum atomic E-state index is -0.500. The van der Waals surface area contributed by atoms with Crippen molar-refractivity contribution in [1.29, 1.82) is 5.26 Å². The molecule has 0 radical (unpaired) electrons. The molecule has 4 rings (SSSR count). The molecule has 2 amide bonds. The van der Waals surface area contributed by atoms with Crippen LogP contribution >= 0.6 is 0 Å². The molecule has 0 fully saturated rings. The van der Waals surface area contributed by atoms with E-state index in [1.807, 2.05) is 25.1 Å². The zero-order valence-electron chi connectivity index (χ0n) is 18.2. The molecule has 1 heterocycles. The lowest BCUT2D eigenvalue weighted by Crippen LogP contribution is -2.32. The molecule has 3 aromatic rings. The molecule has 1 aliphatic heterocycles. The van der Waals surface area contributed by atoms with Crippen LogP contribution in [0, 0.1) is 11.3 Å². The summed E-state index contributed by atoms with van der Waals surface area (Å²) in [7, 11) is 1.53. The Morgan fingerprint density at radius 3 is 2.27 bits per heavy atom. The Balaban J connectivity index is 1.80. The molecule has 0 spiro atoms. The molecule has 1 N–H and O–H groups in total. The topological polar surface area (TPSA) is 91.7 Å². The zero-order chi connectivity index (χ0) is 23.4. The summed E-state index contributed by atoms with van der Waals surface area (Å²) in [6, 6.07) is 22.5. The van der Waals surface area contributed by atoms with Gasteiger partial charge in [-0.1, -0.05) is 24.3 Å². The number of carbonyl (C=O) groups is 2. The Morgan fingerprint density at radius 2 is 1.64 bits per heavy atom. The Bertz CT molecular complexity index is 1270. The van der Waals surface area contributed by atoms with E-state index in [-0.39, 0.29) is 11.3 Å². The highest BCUT2D eigenvalue weighted by atomic mass is 16.5. The molecule has 0 bridgehead atoms. The quantitative estimate of drug-likeness (QED) is 0.550. The van der Waals surface area contributed by atoms with Gasteiger partial charge >= 0.3 is 0 Å². The van der Waals surface area contributed by atoms with Crippen LogP contribution in [0.2, 0.25) is 0 Å². The number of anilines is 2. The number of benzene rings is 3. The third kappa shape index (κ3) is 4.14. The number of hydrogen-bond donors (Lipinski definition) is 1. The summed E-state index contributed by atoms with van der Waals surface area (Å²) in [6.07, 6.45) is 0. The van der Waals surface area contributed by atoms with Crippen LogP contribution in [0.5, 0.6) is 11.5 Å². The molecule has 0 unspecified atom stereocenters. The van der Waals surface area contributed by atoms with E-state index in [4.69, 9.17) is 14.7 Å². The van der Waals surface area contributed by atoms with E-state index in [1.165, 1.54) is 7.11 Å². The van der Waals surface area contributed by atoms with Crippen molar-refractivity contribution >= 4 is 28.8 Å². The Kier molecular flexibility index (Phi) is 6.09. The summed E-state index contributed by atoms with van der Waals surface area (Å²) in [4.78, 5) is 28.1. The molecule has 0 saturated carbocycles. The summed E-state index contributed by atoms with van der Waals surface area (Å²) >= 11 is 0. The summed E-state index contributed by atoms with van der Waals surface area (Å²) in [5.41, 5.74) is 2.32. The van der Waals surface area contributed by atoms with E-state index in [1.54, 1.807) is 60.7 Å². The Morgan fingerprint density at radius 1 is 0.939 bits per heavy atom. The van der Waals surface area contributed by atoms with Gasteiger partial charge in [0.25, 0.3) is 11.8 Å². The maximum atomic E-state index is 13.5. The van der Waals surface area contributed by atoms with Crippen molar-refractivity contribution in [3.05, 3.63) is 89.6 Å². The van der Waals surface area contributed by atoms with Gasteiger partial charge in [0.2, 0.25) is 0 Å². The highest BCUT2D eigenvalue weighted by Crippen LogP contribution is 2.36. The molecule has 0 atom stereocenters. The van der Waals surface area contributed by atoms with E-state index in [2.05, 4.69) is 5.32 Å². The Hall–Kier alpha value is -4.57. The zero-order valence-corrected chi connectivity index (χ0v) is 18.2. The summed E-state index contributed by atoms with van der Waals surface area (Å²) in [6.45, 7) is 2.41. The van der Waals surface area contributed by atoms with Crippen molar-refractivity contribution < 1.29 is 19.1 Å². The van der Waals surface area contributed by atoms with Gasteiger partial charge in [0, 0.05) is 0 Å². The van der Waals surface area contributed by atoms with Crippen molar-refractivity contribution in [1.82, 2.24) is 0 Å². The first-order valence-electron chi connectivity index (χ1n) is 10.3. The molecule has 0 aliphatic carbocycles. The predicted molar refractivity (Wildman–Crippen MR) is 125 cm³/mol. The SMILES string of the molecule is CCOc1ccc(C2=C(Nc3ccccc3OC)C(=O)N(c3ccc(C#N)cc3)C2=O)cc1. The lowest BCUT2D eigenvalue weighted by Gasteiger charge is -2.16. The normalized spacial score (nSPS) is 13.2. The number of carbonyl (C=O) groups excluding carboxylic acids is 2. The molecule has 0 aromatic heterocycles. The number of hydrogen-bond acceptors (Lipinski definition) is 6. The third-order valence-corrected chi connectivity index (χ3v) is 5.16. The van der Waals surface area contributed by atoms with Gasteiger partial charge in [-0.05, 0) is 61.0 Å². The van der Waals surface area contributed by atoms with E-state index in [0.717, 1.165) is 4.90 Å². The monoisotopic (exact) mass is 439 g/mol. The van der Waals surface area contributed by atoms with Crippen LogP contribution in [0.15, 0.2) is 78.5 Å². The molecule has 3 aromatic carbocycles. The number of ether oxygens (including phenoxy) is 2. The number of nitrogens with zero attached hydrogens (tertiary/aromatic N) is 2. The van der Waals surface area contributed by atoms with E-state index >= 15 is 0 Å². The molecule has 0 saturated heterocycles. The number of amides is 2. The molecule has 7 heteroatoms. The van der Waals surface area contributed by atoms with Crippen LogP contribution in [0.3, 0.4) is 0 Å². The fourth-order valence-corrected chi connectivity index (χ4v) is 3.60. The fraction of sp³-hybridized carbons (Fsp3) is 0.115. The highest BCUT2D eigenvalue weighted by Gasteiger charge is 2.40. The molecule has 33 heavy (non-hydrogen) atoms. The summed E-state index contributed by atoms with van der Waals surface area (Å²) in [5, 5.41) is 12.2. The first-order valence-corrected chi connectivity index (χ1v) is 10.3. The molecular weight excluding hydrogens is 418 g/mol. The number of nitriles is 1. The second-order valence-corrected chi connectivity index (χ2v) is 7.14. The van der Waals surface area contributed by atoms with Gasteiger partial charge in [-0.3, -0.25) is 9.59 Å². The number of imide groups is 1. The number of methoxy groups -OCH3 is 1. The van der Waals surface area contributed by atoms with Crippen LogP contribution in [-0.4, -0.2) is 25.5 Å². The number of nitrogens with one attached hydrogen (secondary N) is 1. The number of para-hydroxylation sites is 2. The minimum absolute atomic E-state index is 0.137. The molecule has 7 nitrogen and oxygen atoms in total. The largest absolute Gasteiger partial charge is 0.495 e. The average molecular weight is 439 g/mol. The minimum Gasteiger partial charge on any atom is -0.495 e. The van der Waals surface area contributed by atoms with E-state index in [9.17, 15) is 9.59 Å². The van der Waals surface area contributed by atoms with E-state index in [0.29, 0.717) is 40.6 Å². The van der Waals surface area contributed by atoms with Crippen LogP contribution in [0.25, 0.3) is 5.57 Å². The fourth-order valence-electron chi connectivity index (χ4n) is 3.60. The highest BCUT2D eigenvalue weighted by molar-refractivity contribution is 6.46. The summed E-state index contributed by atoms with van der Waals surface area (Å²) in [5.74, 6) is 0.237. The van der Waals surface area contributed by atoms with Crippen LogP contribution in [-0.2, 0) is 9.59 Å². The smallest absolute Gasteiger partial charge is 0.282 e. The van der Waals surface area contributed by atoms with Crippen molar-refractivity contribution in [2.45, 2.75) is 6.92 Å². The van der Waals surface area contributed by atoms with Gasteiger partial charge in [0.05, 0.1) is 42.3 Å². The maximum absolute atomic E-state index is 13.5. The predicted octanol–water partition coefficient (Wildman–Crippen LogP) is 4.36. The maximum Gasteiger partial charge on any atom is 0.282 e. The average Bonchev–Trinajstić information content (AvgIpc) is 3.09. The van der Waals surface area contributed by atoms with Crippen molar-refractivity contribution in [3.63, 3.8) is 0 Å². The van der Waals surface area contributed by atoms with Gasteiger partial charge in [0.15, 0.2) is 0 Å². The van der Waals surface area contributed by atoms with Gasteiger partial charge in [0.1, 0.15) is 17.2 Å². The lowest BCUT2D eigenvalue weighted by molar-refractivity contribution is -0.120. The van der Waals surface area contributed by atoms with Gasteiger partial charge in [-0.15, -0.1) is 0 Å². The number of rotatable bonds is 7. The van der Waals surface area contributed by atoms with Crippen LogP contribution in [0.1, 0.15) is 18.1 Å². The first kappa shape index (κ1) is 21.7. The van der Waals surface area contributed by atoms with Gasteiger partial charge in [-0.25, -0.2) is 4.90 Å². The molecule has 164 valence electrons.